The van der Waals surface area contributed by atoms with Gasteiger partial charge in [0.25, 0.3) is 5.69 Å². The van der Waals surface area contributed by atoms with E-state index in [2.05, 4.69) is 17.1 Å². The molecule has 0 aliphatic rings. The Kier molecular flexibility index (Phi) is 4.63. The first-order valence-electron chi connectivity index (χ1n) is 7.05. The molecule has 0 aliphatic carbocycles. The molecule has 0 aliphatic heterocycles. The zero-order valence-electron chi connectivity index (χ0n) is 12.2. The third kappa shape index (κ3) is 4.14. The molecule has 3 aromatic rings. The van der Waals surface area contributed by atoms with Gasteiger partial charge in [0.15, 0.2) is 0 Å². The monoisotopic (exact) mass is 326 g/mol. The largest absolute Gasteiger partial charge is 0.487 e. The lowest BCUT2D eigenvalue weighted by atomic mass is 10.2. The SMILES string of the molecule is O=[N+]([O-])c1ccc(OCc2csc(Cc3ccccc3)n2)cc1. The maximum absolute atomic E-state index is 10.6. The van der Waals surface area contributed by atoms with E-state index in [9.17, 15) is 10.1 Å². The molecule has 0 atom stereocenters. The van der Waals surface area contributed by atoms with E-state index in [1.807, 2.05) is 23.6 Å². The van der Waals surface area contributed by atoms with E-state index in [-0.39, 0.29) is 5.69 Å². The zero-order chi connectivity index (χ0) is 16.1. The molecular formula is C17H14N2O3S. The highest BCUT2D eigenvalue weighted by Gasteiger charge is 2.06. The van der Waals surface area contributed by atoms with Crippen molar-refractivity contribution in [3.05, 3.63) is 86.4 Å². The van der Waals surface area contributed by atoms with Crippen LogP contribution in [-0.4, -0.2) is 9.91 Å². The predicted molar refractivity (Wildman–Crippen MR) is 88.8 cm³/mol. The summed E-state index contributed by atoms with van der Waals surface area (Å²) in [5.41, 5.74) is 2.14. The first kappa shape index (κ1) is 15.2. The van der Waals surface area contributed by atoms with Crippen LogP contribution in [0.25, 0.3) is 0 Å². The van der Waals surface area contributed by atoms with Gasteiger partial charge in [0.05, 0.1) is 15.6 Å². The van der Waals surface area contributed by atoms with Gasteiger partial charge in [-0.15, -0.1) is 11.3 Å². The lowest BCUT2D eigenvalue weighted by molar-refractivity contribution is -0.384. The Labute approximate surface area is 137 Å². The molecule has 0 unspecified atom stereocenters. The van der Waals surface area contributed by atoms with Crippen LogP contribution in [0.15, 0.2) is 60.0 Å². The Morgan fingerprint density at radius 3 is 2.52 bits per heavy atom. The van der Waals surface area contributed by atoms with Crippen LogP contribution in [0.3, 0.4) is 0 Å². The molecular weight excluding hydrogens is 312 g/mol. The second-order valence-electron chi connectivity index (χ2n) is 4.93. The van der Waals surface area contributed by atoms with Crippen LogP contribution < -0.4 is 4.74 Å². The van der Waals surface area contributed by atoms with Gasteiger partial charge in [0.1, 0.15) is 12.4 Å². The summed E-state index contributed by atoms with van der Waals surface area (Å²) in [4.78, 5) is 14.7. The number of rotatable bonds is 6. The molecule has 0 N–H and O–H groups in total. The fraction of sp³-hybridized carbons (Fsp3) is 0.118. The molecule has 0 radical (unpaired) electrons. The summed E-state index contributed by atoms with van der Waals surface area (Å²) in [5.74, 6) is 0.591. The highest BCUT2D eigenvalue weighted by Crippen LogP contribution is 2.20. The molecule has 6 heteroatoms. The minimum atomic E-state index is -0.430. The number of ether oxygens (including phenoxy) is 1. The van der Waals surface area contributed by atoms with Gasteiger partial charge in [-0.2, -0.15) is 0 Å². The summed E-state index contributed by atoms with van der Waals surface area (Å²) < 4.78 is 5.61. The first-order valence-corrected chi connectivity index (χ1v) is 7.93. The number of aromatic nitrogens is 1. The molecule has 0 saturated carbocycles. The summed E-state index contributed by atoms with van der Waals surface area (Å²) in [6.07, 6.45) is 0.809. The number of nitro groups is 1. The van der Waals surface area contributed by atoms with E-state index in [1.54, 1.807) is 23.5 Å². The zero-order valence-corrected chi connectivity index (χ0v) is 13.0. The van der Waals surface area contributed by atoms with Gasteiger partial charge in [-0.25, -0.2) is 4.98 Å². The minimum absolute atomic E-state index is 0.0520. The average molecular weight is 326 g/mol. The third-order valence-electron chi connectivity index (χ3n) is 3.23. The fourth-order valence-electron chi connectivity index (χ4n) is 2.09. The lowest BCUT2D eigenvalue weighted by Crippen LogP contribution is -1.97. The van der Waals surface area contributed by atoms with E-state index in [0.717, 1.165) is 17.1 Å². The van der Waals surface area contributed by atoms with Gasteiger partial charge in [0, 0.05) is 23.9 Å². The second-order valence-corrected chi connectivity index (χ2v) is 5.88. The van der Waals surface area contributed by atoms with E-state index < -0.39 is 4.92 Å². The van der Waals surface area contributed by atoms with Gasteiger partial charge in [-0.05, 0) is 17.7 Å². The minimum Gasteiger partial charge on any atom is -0.487 e. The van der Waals surface area contributed by atoms with Crippen molar-refractivity contribution in [2.45, 2.75) is 13.0 Å². The molecule has 0 fully saturated rings. The number of hydrogen-bond donors (Lipinski definition) is 0. The Balaban J connectivity index is 1.57. The van der Waals surface area contributed by atoms with Crippen LogP contribution in [0.4, 0.5) is 5.69 Å². The van der Waals surface area contributed by atoms with Crippen molar-refractivity contribution in [3.63, 3.8) is 0 Å². The van der Waals surface area contributed by atoms with Crippen molar-refractivity contribution in [1.29, 1.82) is 0 Å². The Bertz CT molecular complexity index is 785. The summed E-state index contributed by atoms with van der Waals surface area (Å²) in [7, 11) is 0. The Morgan fingerprint density at radius 1 is 1.09 bits per heavy atom. The van der Waals surface area contributed by atoms with Gasteiger partial charge in [-0.1, -0.05) is 30.3 Å². The molecule has 1 aromatic heterocycles. The molecule has 23 heavy (non-hydrogen) atoms. The Hall–Kier alpha value is -2.73. The van der Waals surface area contributed by atoms with Crippen LogP contribution >= 0.6 is 11.3 Å². The standard InChI is InChI=1S/C17H14N2O3S/c20-19(21)15-6-8-16(9-7-15)22-11-14-12-23-17(18-14)10-13-4-2-1-3-5-13/h1-9,12H,10-11H2. The molecule has 3 rings (SSSR count). The third-order valence-corrected chi connectivity index (χ3v) is 4.13. The molecule has 2 aromatic carbocycles. The smallest absolute Gasteiger partial charge is 0.269 e. The van der Waals surface area contributed by atoms with Crippen LogP contribution in [0, 0.1) is 10.1 Å². The van der Waals surface area contributed by atoms with Crippen LogP contribution in [0.1, 0.15) is 16.3 Å². The second kappa shape index (κ2) is 7.02. The summed E-state index contributed by atoms with van der Waals surface area (Å²) in [6.45, 7) is 0.350. The Morgan fingerprint density at radius 2 is 1.83 bits per heavy atom. The summed E-state index contributed by atoms with van der Waals surface area (Å²) in [6, 6.07) is 16.2. The van der Waals surface area contributed by atoms with Crippen LogP contribution in [0.2, 0.25) is 0 Å². The maximum Gasteiger partial charge on any atom is 0.269 e. The molecule has 1 heterocycles. The van der Waals surface area contributed by atoms with E-state index in [0.29, 0.717) is 12.4 Å². The van der Waals surface area contributed by atoms with Crippen molar-refractivity contribution in [1.82, 2.24) is 4.98 Å². The molecule has 0 bridgehead atoms. The van der Waals surface area contributed by atoms with Crippen molar-refractivity contribution in [2.24, 2.45) is 0 Å². The van der Waals surface area contributed by atoms with Crippen LogP contribution in [0.5, 0.6) is 5.75 Å². The number of benzene rings is 2. The average Bonchev–Trinajstić information content (AvgIpc) is 3.02. The first-order chi connectivity index (χ1) is 11.2. The van der Waals surface area contributed by atoms with E-state index in [4.69, 9.17) is 4.74 Å². The number of non-ortho nitro benzene ring substituents is 1. The van der Waals surface area contributed by atoms with Crippen molar-refractivity contribution in [2.75, 3.05) is 0 Å². The molecule has 0 amide bonds. The van der Waals surface area contributed by atoms with Crippen molar-refractivity contribution < 1.29 is 9.66 Å². The molecule has 5 nitrogen and oxygen atoms in total. The van der Waals surface area contributed by atoms with Gasteiger partial charge < -0.3 is 4.74 Å². The van der Waals surface area contributed by atoms with Crippen molar-refractivity contribution >= 4 is 17.0 Å². The van der Waals surface area contributed by atoms with Crippen LogP contribution in [-0.2, 0) is 13.0 Å². The molecule has 0 spiro atoms. The highest BCUT2D eigenvalue weighted by molar-refractivity contribution is 7.09. The van der Waals surface area contributed by atoms with Gasteiger partial charge >= 0.3 is 0 Å². The molecule has 116 valence electrons. The number of nitro benzene ring substituents is 1. The topological polar surface area (TPSA) is 65.3 Å². The van der Waals surface area contributed by atoms with E-state index >= 15 is 0 Å². The maximum atomic E-state index is 10.6. The van der Waals surface area contributed by atoms with E-state index in [1.165, 1.54) is 17.7 Å². The summed E-state index contributed by atoms with van der Waals surface area (Å²) in [5, 5.41) is 13.6. The fourth-order valence-corrected chi connectivity index (χ4v) is 2.90. The lowest BCUT2D eigenvalue weighted by Gasteiger charge is -2.03. The molecule has 0 saturated heterocycles. The van der Waals surface area contributed by atoms with Gasteiger partial charge in [0.2, 0.25) is 0 Å². The van der Waals surface area contributed by atoms with Crippen molar-refractivity contribution in [3.8, 4) is 5.75 Å². The quantitative estimate of drug-likeness (QED) is 0.502. The summed E-state index contributed by atoms with van der Waals surface area (Å²) >= 11 is 1.61. The number of thiazole rings is 1. The predicted octanol–water partition coefficient (Wildman–Crippen LogP) is 4.22. The number of hydrogen-bond acceptors (Lipinski definition) is 5. The number of nitrogens with zero attached hydrogens (tertiary/aromatic N) is 2. The normalized spacial score (nSPS) is 10.4. The van der Waals surface area contributed by atoms with Gasteiger partial charge in [-0.3, -0.25) is 10.1 Å². The highest BCUT2D eigenvalue weighted by atomic mass is 32.1.